The van der Waals surface area contributed by atoms with Crippen LogP contribution in [0, 0.1) is 0 Å². The first kappa shape index (κ1) is 14.8. The number of pyridine rings is 1. The largest absolute Gasteiger partial charge is 0.462 e. The number of nitrogens with one attached hydrogen (secondary N) is 1. The summed E-state index contributed by atoms with van der Waals surface area (Å²) in [5.74, 6) is 0.375. The Morgan fingerprint density at radius 3 is 2.80 bits per heavy atom. The molecule has 1 aliphatic heterocycles. The summed E-state index contributed by atoms with van der Waals surface area (Å²) in [6, 6.07) is 3.33. The van der Waals surface area contributed by atoms with Gasteiger partial charge in [0.2, 0.25) is 0 Å². The molecule has 0 amide bonds. The fourth-order valence-electron chi connectivity index (χ4n) is 2.12. The Morgan fingerprint density at radius 1 is 1.45 bits per heavy atom. The number of ether oxygens (including phenoxy) is 1. The molecule has 1 aromatic rings. The van der Waals surface area contributed by atoms with Gasteiger partial charge in [0, 0.05) is 12.2 Å². The van der Waals surface area contributed by atoms with Gasteiger partial charge in [0.1, 0.15) is 21.2 Å². The number of sulfone groups is 1. The van der Waals surface area contributed by atoms with E-state index in [0.717, 1.165) is 0 Å². The quantitative estimate of drug-likeness (QED) is 0.842. The van der Waals surface area contributed by atoms with Crippen molar-refractivity contribution in [1.82, 2.24) is 4.98 Å². The predicted molar refractivity (Wildman–Crippen MR) is 75.5 cm³/mol. The Labute approximate surface area is 118 Å². The monoisotopic (exact) mass is 298 g/mol. The van der Waals surface area contributed by atoms with Gasteiger partial charge in [-0.05, 0) is 31.9 Å². The highest BCUT2D eigenvalue weighted by atomic mass is 32.2. The van der Waals surface area contributed by atoms with Crippen molar-refractivity contribution in [1.29, 1.82) is 0 Å². The van der Waals surface area contributed by atoms with Gasteiger partial charge in [-0.2, -0.15) is 0 Å². The second-order valence-corrected chi connectivity index (χ2v) is 6.99. The van der Waals surface area contributed by atoms with Gasteiger partial charge in [-0.25, -0.2) is 18.2 Å². The molecule has 0 saturated carbocycles. The summed E-state index contributed by atoms with van der Waals surface area (Å²) in [4.78, 5) is 16.0. The molecule has 2 rings (SSSR count). The first-order valence-corrected chi connectivity index (χ1v) is 8.43. The minimum Gasteiger partial charge on any atom is -0.462 e. The van der Waals surface area contributed by atoms with Crippen LogP contribution in [0.25, 0.3) is 0 Å². The number of hydrogen-bond acceptors (Lipinski definition) is 6. The molecule has 1 saturated heterocycles. The summed E-state index contributed by atoms with van der Waals surface area (Å²) in [6.07, 6.45) is 2.65. The third kappa shape index (κ3) is 3.69. The first-order chi connectivity index (χ1) is 9.52. The molecule has 7 heteroatoms. The van der Waals surface area contributed by atoms with Crippen LogP contribution in [0.3, 0.4) is 0 Å². The molecule has 0 spiro atoms. The molecule has 1 aliphatic rings. The third-order valence-corrected chi connectivity index (χ3v) is 4.91. The number of carbonyl (C=O) groups is 1. The lowest BCUT2D eigenvalue weighted by Crippen LogP contribution is -2.33. The number of esters is 1. The standard InChI is InChI=1S/C13H18N2O4S/c1-2-19-13(16)11-4-3-7-14-12(11)15-10-5-8-20(17,18)9-6-10/h3-4,7,10H,2,5-6,8-9H2,1H3,(H,14,15). The van der Waals surface area contributed by atoms with Gasteiger partial charge in [0.25, 0.3) is 0 Å². The van der Waals surface area contributed by atoms with Crippen LogP contribution in [0.4, 0.5) is 5.82 Å². The number of hydrogen-bond donors (Lipinski definition) is 1. The van der Waals surface area contributed by atoms with Crippen molar-refractivity contribution in [3.63, 3.8) is 0 Å². The smallest absolute Gasteiger partial charge is 0.341 e. The van der Waals surface area contributed by atoms with Gasteiger partial charge in [-0.3, -0.25) is 0 Å². The van der Waals surface area contributed by atoms with Crippen molar-refractivity contribution < 1.29 is 17.9 Å². The molecular formula is C13H18N2O4S. The molecule has 0 unspecified atom stereocenters. The minimum atomic E-state index is -2.90. The van der Waals surface area contributed by atoms with Gasteiger partial charge in [0.15, 0.2) is 0 Å². The van der Waals surface area contributed by atoms with E-state index in [-0.39, 0.29) is 17.5 Å². The van der Waals surface area contributed by atoms with E-state index in [0.29, 0.717) is 30.8 Å². The van der Waals surface area contributed by atoms with Crippen LogP contribution in [-0.4, -0.2) is 43.5 Å². The minimum absolute atomic E-state index is 0.0154. The number of aromatic nitrogens is 1. The molecule has 0 atom stereocenters. The normalized spacial score (nSPS) is 18.4. The lowest BCUT2D eigenvalue weighted by molar-refractivity contribution is 0.0527. The maximum atomic E-state index is 11.8. The fourth-order valence-corrected chi connectivity index (χ4v) is 3.61. The van der Waals surface area contributed by atoms with Crippen LogP contribution in [0.2, 0.25) is 0 Å². The lowest BCUT2D eigenvalue weighted by atomic mass is 10.1. The van der Waals surface area contributed by atoms with Crippen molar-refractivity contribution in [3.05, 3.63) is 23.9 Å². The van der Waals surface area contributed by atoms with Crippen LogP contribution < -0.4 is 5.32 Å². The number of nitrogens with zero attached hydrogens (tertiary/aromatic N) is 1. The average Bonchev–Trinajstić information content (AvgIpc) is 2.42. The summed E-state index contributed by atoms with van der Waals surface area (Å²) in [6.45, 7) is 2.04. The Morgan fingerprint density at radius 2 is 2.15 bits per heavy atom. The van der Waals surface area contributed by atoms with Crippen molar-refractivity contribution in [3.8, 4) is 0 Å². The van der Waals surface area contributed by atoms with Crippen LogP contribution >= 0.6 is 0 Å². The van der Waals surface area contributed by atoms with E-state index in [9.17, 15) is 13.2 Å². The van der Waals surface area contributed by atoms with Crippen LogP contribution in [0.1, 0.15) is 30.1 Å². The highest BCUT2D eigenvalue weighted by Crippen LogP contribution is 2.19. The number of carbonyl (C=O) groups excluding carboxylic acids is 1. The van der Waals surface area contributed by atoms with Crippen molar-refractivity contribution in [2.75, 3.05) is 23.4 Å². The molecule has 0 aliphatic carbocycles. The predicted octanol–water partition coefficient (Wildman–Crippen LogP) is 1.25. The average molecular weight is 298 g/mol. The molecule has 110 valence electrons. The highest BCUT2D eigenvalue weighted by Gasteiger charge is 2.25. The van der Waals surface area contributed by atoms with Gasteiger partial charge in [0.05, 0.1) is 18.1 Å². The summed E-state index contributed by atoms with van der Waals surface area (Å²) in [5.41, 5.74) is 0.378. The van der Waals surface area contributed by atoms with Crippen LogP contribution in [0.15, 0.2) is 18.3 Å². The second-order valence-electron chi connectivity index (χ2n) is 4.69. The summed E-state index contributed by atoms with van der Waals surface area (Å²) in [7, 11) is -2.90. The topological polar surface area (TPSA) is 85.4 Å². The maximum absolute atomic E-state index is 11.8. The third-order valence-electron chi connectivity index (χ3n) is 3.20. The molecule has 2 heterocycles. The summed E-state index contributed by atoms with van der Waals surface area (Å²) in [5, 5.41) is 3.15. The zero-order chi connectivity index (χ0) is 14.6. The van der Waals surface area contributed by atoms with E-state index >= 15 is 0 Å². The molecule has 1 N–H and O–H groups in total. The van der Waals surface area contributed by atoms with E-state index in [2.05, 4.69) is 10.3 Å². The van der Waals surface area contributed by atoms with Crippen LogP contribution in [-0.2, 0) is 14.6 Å². The summed E-state index contributed by atoms with van der Waals surface area (Å²) >= 11 is 0. The molecule has 20 heavy (non-hydrogen) atoms. The molecule has 0 radical (unpaired) electrons. The second kappa shape index (κ2) is 6.21. The Kier molecular flexibility index (Phi) is 4.59. The van der Waals surface area contributed by atoms with E-state index in [1.807, 2.05) is 0 Å². The van der Waals surface area contributed by atoms with E-state index in [1.165, 1.54) is 0 Å². The van der Waals surface area contributed by atoms with Crippen molar-refractivity contribution >= 4 is 21.6 Å². The molecule has 0 bridgehead atoms. The van der Waals surface area contributed by atoms with Gasteiger partial charge < -0.3 is 10.1 Å². The number of rotatable bonds is 4. The zero-order valence-electron chi connectivity index (χ0n) is 11.3. The molecule has 1 fully saturated rings. The van der Waals surface area contributed by atoms with Crippen LogP contribution in [0.5, 0.6) is 0 Å². The number of anilines is 1. The SMILES string of the molecule is CCOC(=O)c1cccnc1NC1CCS(=O)(=O)CC1. The Bertz CT molecular complexity index is 572. The van der Waals surface area contributed by atoms with Crippen molar-refractivity contribution in [2.24, 2.45) is 0 Å². The van der Waals surface area contributed by atoms with Gasteiger partial charge >= 0.3 is 5.97 Å². The molecule has 6 nitrogen and oxygen atoms in total. The fraction of sp³-hybridized carbons (Fsp3) is 0.538. The first-order valence-electron chi connectivity index (χ1n) is 6.61. The van der Waals surface area contributed by atoms with E-state index < -0.39 is 15.8 Å². The van der Waals surface area contributed by atoms with Gasteiger partial charge in [-0.1, -0.05) is 0 Å². The Balaban J connectivity index is 2.08. The zero-order valence-corrected chi connectivity index (χ0v) is 12.1. The Hall–Kier alpha value is -1.63. The summed E-state index contributed by atoms with van der Waals surface area (Å²) < 4.78 is 27.8. The molecule has 0 aromatic carbocycles. The maximum Gasteiger partial charge on any atom is 0.341 e. The van der Waals surface area contributed by atoms with E-state index in [1.54, 1.807) is 25.3 Å². The lowest BCUT2D eigenvalue weighted by Gasteiger charge is -2.24. The molecule has 1 aromatic heterocycles. The highest BCUT2D eigenvalue weighted by molar-refractivity contribution is 7.91. The van der Waals surface area contributed by atoms with E-state index in [4.69, 9.17) is 4.74 Å². The van der Waals surface area contributed by atoms with Crippen molar-refractivity contribution in [2.45, 2.75) is 25.8 Å². The van der Waals surface area contributed by atoms with Gasteiger partial charge in [-0.15, -0.1) is 0 Å². The molecular weight excluding hydrogens is 280 g/mol.